The lowest BCUT2D eigenvalue weighted by Crippen LogP contribution is -2.53. The molecule has 51 heavy (non-hydrogen) atoms. The van der Waals surface area contributed by atoms with Gasteiger partial charge in [-0.2, -0.15) is 0 Å². The highest BCUT2D eigenvalue weighted by atomic mass is 15.4. The molecule has 0 radical (unpaired) electrons. The summed E-state index contributed by atoms with van der Waals surface area (Å²) in [6.07, 6.45) is 61.5. The van der Waals surface area contributed by atoms with E-state index in [1.54, 1.807) is 0 Å². The van der Waals surface area contributed by atoms with E-state index in [4.69, 9.17) is 0 Å². The minimum Gasteiger partial charge on any atom is -0.324 e. The Labute approximate surface area is 327 Å². The van der Waals surface area contributed by atoms with Gasteiger partial charge in [0.05, 0.1) is 26.2 Å². The van der Waals surface area contributed by atoms with Crippen LogP contribution >= 0.6 is 0 Å². The van der Waals surface area contributed by atoms with E-state index in [2.05, 4.69) is 34.7 Å². The maximum Gasteiger partial charge on any atom is 0.0888 e. The minimum atomic E-state index is 0.908. The predicted molar refractivity (Wildman–Crippen MR) is 236 cm³/mol. The van der Waals surface area contributed by atoms with E-state index < -0.39 is 0 Å². The van der Waals surface area contributed by atoms with Crippen LogP contribution in [0.5, 0.6) is 0 Å². The molecule has 0 aliphatic rings. The second-order valence-electron chi connectivity index (χ2n) is 17.9. The Morgan fingerprint density at radius 1 is 0.235 bits per heavy atom. The molecule has 1 nitrogen and oxygen atoms in total. The molecule has 0 aliphatic heterocycles. The van der Waals surface area contributed by atoms with Crippen molar-refractivity contribution in [3.63, 3.8) is 0 Å². The average molecular weight is 719 g/mol. The van der Waals surface area contributed by atoms with Crippen LogP contribution in [-0.2, 0) is 0 Å². The van der Waals surface area contributed by atoms with Gasteiger partial charge >= 0.3 is 0 Å². The normalized spacial score (nSPS) is 12.1. The third kappa shape index (κ3) is 36.7. The van der Waals surface area contributed by atoms with E-state index in [0.29, 0.717) is 0 Å². The number of rotatable bonds is 45. The zero-order valence-corrected chi connectivity index (χ0v) is 37.1. The minimum absolute atomic E-state index is 0.908. The van der Waals surface area contributed by atoms with Crippen LogP contribution in [0.25, 0.3) is 0 Å². The summed E-state index contributed by atoms with van der Waals surface area (Å²) in [5.74, 6) is 0. The first-order chi connectivity index (χ1) is 25.1. The van der Waals surface area contributed by atoms with Crippen molar-refractivity contribution < 1.29 is 4.48 Å². The van der Waals surface area contributed by atoms with Gasteiger partial charge < -0.3 is 4.48 Å². The van der Waals surface area contributed by atoms with Gasteiger partial charge in [0.25, 0.3) is 0 Å². The van der Waals surface area contributed by atoms with Crippen LogP contribution in [0.2, 0.25) is 0 Å². The molecule has 1 heteroatoms. The van der Waals surface area contributed by atoms with Crippen molar-refractivity contribution in [1.29, 1.82) is 0 Å². The molecule has 0 aliphatic carbocycles. The first kappa shape index (κ1) is 51.0. The van der Waals surface area contributed by atoms with Crippen molar-refractivity contribution in [2.75, 3.05) is 20.1 Å². The van der Waals surface area contributed by atoms with Gasteiger partial charge in [0.15, 0.2) is 0 Å². The summed E-state index contributed by atoms with van der Waals surface area (Å²) in [6, 6.07) is 0.908. The van der Waals surface area contributed by atoms with Crippen LogP contribution in [0.15, 0.2) is 0 Å². The highest BCUT2D eigenvalue weighted by Crippen LogP contribution is 2.27. The number of nitrogens with zero attached hydrogens (tertiary/aromatic N) is 1. The Bertz CT molecular complexity index is 564. The quantitative estimate of drug-likeness (QED) is 0.0434. The van der Waals surface area contributed by atoms with Gasteiger partial charge in [-0.05, 0) is 51.4 Å². The predicted octanol–water partition coefficient (Wildman–Crippen LogP) is 18.3. The molecule has 0 saturated heterocycles. The van der Waals surface area contributed by atoms with Crippen LogP contribution in [0.3, 0.4) is 0 Å². The lowest BCUT2D eigenvalue weighted by molar-refractivity contribution is -0.934. The number of hydrogen-bond donors (Lipinski definition) is 0. The number of quaternary nitrogens is 1. The SMILES string of the molecule is CCCCCCCCCCCCC(CCCCCCCCCCCC)[N+](C)(CCCCCCCCCCCC)CCCCCCCCCCCC. The smallest absolute Gasteiger partial charge is 0.0888 e. The van der Waals surface area contributed by atoms with Crippen molar-refractivity contribution in [3.8, 4) is 0 Å². The molecule has 0 unspecified atom stereocenters. The van der Waals surface area contributed by atoms with Crippen LogP contribution < -0.4 is 0 Å². The number of hydrogen-bond acceptors (Lipinski definition) is 0. The second kappa shape index (κ2) is 42.7. The molecule has 0 rings (SSSR count). The molecule has 0 amide bonds. The summed E-state index contributed by atoms with van der Waals surface area (Å²) in [5.41, 5.74) is 0. The van der Waals surface area contributed by atoms with Gasteiger partial charge in [0.2, 0.25) is 0 Å². The first-order valence-corrected chi connectivity index (χ1v) is 25.0. The van der Waals surface area contributed by atoms with Gasteiger partial charge in [-0.3, -0.25) is 0 Å². The van der Waals surface area contributed by atoms with Gasteiger partial charge in [-0.25, -0.2) is 0 Å². The Hall–Kier alpha value is -0.0400. The Morgan fingerprint density at radius 3 is 0.627 bits per heavy atom. The van der Waals surface area contributed by atoms with E-state index in [1.807, 2.05) is 0 Å². The number of unbranched alkanes of at least 4 members (excludes halogenated alkanes) is 36. The molecular weight excluding hydrogens is 615 g/mol. The van der Waals surface area contributed by atoms with E-state index in [-0.39, 0.29) is 0 Å². The fourth-order valence-corrected chi connectivity index (χ4v) is 8.90. The maximum atomic E-state index is 2.73. The molecule has 0 saturated carbocycles. The summed E-state index contributed by atoms with van der Waals surface area (Å²) in [6.45, 7) is 12.2. The van der Waals surface area contributed by atoms with Crippen LogP contribution in [0.4, 0.5) is 0 Å². The van der Waals surface area contributed by atoms with E-state index in [9.17, 15) is 0 Å². The third-order valence-corrected chi connectivity index (χ3v) is 12.7. The Morgan fingerprint density at radius 2 is 0.412 bits per heavy atom. The molecule has 0 aromatic rings. The van der Waals surface area contributed by atoms with Crippen molar-refractivity contribution in [2.24, 2.45) is 0 Å². The summed E-state index contributed by atoms with van der Waals surface area (Å²) in [7, 11) is 2.73. The van der Waals surface area contributed by atoms with Crippen molar-refractivity contribution >= 4 is 0 Å². The van der Waals surface area contributed by atoms with Crippen LogP contribution in [-0.4, -0.2) is 30.7 Å². The topological polar surface area (TPSA) is 0 Å². The summed E-state index contributed by atoms with van der Waals surface area (Å²) in [4.78, 5) is 0. The van der Waals surface area contributed by atoms with Gasteiger partial charge in [0.1, 0.15) is 0 Å². The van der Waals surface area contributed by atoms with Gasteiger partial charge in [-0.1, -0.05) is 246 Å². The molecule has 0 atom stereocenters. The second-order valence-corrected chi connectivity index (χ2v) is 17.9. The Kier molecular flexibility index (Phi) is 42.7. The molecule has 0 aromatic heterocycles. The highest BCUT2D eigenvalue weighted by Gasteiger charge is 2.31. The summed E-state index contributed by atoms with van der Waals surface area (Å²) >= 11 is 0. The van der Waals surface area contributed by atoms with Gasteiger partial charge in [-0.15, -0.1) is 0 Å². The fourth-order valence-electron chi connectivity index (χ4n) is 8.90. The summed E-state index contributed by atoms with van der Waals surface area (Å²) in [5, 5.41) is 0. The lowest BCUT2D eigenvalue weighted by atomic mass is 9.95. The zero-order chi connectivity index (χ0) is 37.2. The molecule has 0 bridgehead atoms. The molecule has 0 spiro atoms. The van der Waals surface area contributed by atoms with Gasteiger partial charge in [0, 0.05) is 0 Å². The van der Waals surface area contributed by atoms with Crippen LogP contribution in [0.1, 0.15) is 297 Å². The molecule has 308 valence electrons. The average Bonchev–Trinajstić information content (AvgIpc) is 3.13. The lowest BCUT2D eigenvalue weighted by Gasteiger charge is -2.43. The Balaban J connectivity index is 4.99. The van der Waals surface area contributed by atoms with Crippen molar-refractivity contribution in [3.05, 3.63) is 0 Å². The standard InChI is InChI=1S/C50H104N/c1-6-10-14-18-22-26-30-34-38-42-46-50(47-43-39-35-31-27-23-19-15-11-7-2)51(5,48-44-40-36-32-28-24-20-16-12-8-3)49-45-41-37-33-29-25-21-17-13-9-4/h50H,6-49H2,1-5H3/q+1. The molecular formula is C50H104N+. The molecule has 0 aromatic carbocycles. The fraction of sp³-hybridized carbons (Fsp3) is 1.00. The van der Waals surface area contributed by atoms with E-state index in [1.165, 1.54) is 287 Å². The molecule has 0 fully saturated rings. The van der Waals surface area contributed by atoms with E-state index >= 15 is 0 Å². The van der Waals surface area contributed by atoms with Crippen molar-refractivity contribution in [2.45, 2.75) is 303 Å². The summed E-state index contributed by atoms with van der Waals surface area (Å²) < 4.78 is 1.41. The third-order valence-electron chi connectivity index (χ3n) is 12.7. The highest BCUT2D eigenvalue weighted by molar-refractivity contribution is 4.64. The first-order valence-electron chi connectivity index (χ1n) is 25.0. The van der Waals surface area contributed by atoms with Crippen LogP contribution in [0, 0.1) is 0 Å². The zero-order valence-electron chi connectivity index (χ0n) is 37.1. The van der Waals surface area contributed by atoms with E-state index in [0.717, 1.165) is 6.04 Å². The molecule has 0 N–H and O–H groups in total. The largest absolute Gasteiger partial charge is 0.324 e. The monoisotopic (exact) mass is 719 g/mol. The molecule has 0 heterocycles. The maximum absolute atomic E-state index is 2.73. The van der Waals surface area contributed by atoms with Crippen molar-refractivity contribution in [1.82, 2.24) is 0 Å².